The van der Waals surface area contributed by atoms with Gasteiger partial charge in [0.05, 0.1) is 5.66 Å². The maximum atomic E-state index is 14.6. The fraction of sp³-hybridized carbons (Fsp3) is 0.136. The largest absolute Gasteiger partial charge is 0.313 e. The van der Waals surface area contributed by atoms with Gasteiger partial charge in [-0.2, -0.15) is 0 Å². The van der Waals surface area contributed by atoms with Crippen molar-refractivity contribution in [3.8, 4) is 0 Å². The van der Waals surface area contributed by atoms with Crippen molar-refractivity contribution in [2.45, 2.75) is 19.0 Å². The zero-order chi connectivity index (χ0) is 18.6. The molecule has 0 aliphatic rings. The molecule has 3 aromatic carbocycles. The predicted octanol–water partition coefficient (Wildman–Crippen LogP) is 5.48. The van der Waals surface area contributed by atoms with E-state index in [2.05, 4.69) is 15.9 Å². The summed E-state index contributed by atoms with van der Waals surface area (Å²) >= 11 is 3.45. The van der Waals surface area contributed by atoms with Crippen LogP contribution in [-0.4, -0.2) is 5.78 Å². The summed E-state index contributed by atoms with van der Waals surface area (Å²) in [5.41, 5.74) is 0.525. The van der Waals surface area contributed by atoms with E-state index in [1.807, 2.05) is 84.9 Å². The first-order valence-corrected chi connectivity index (χ1v) is 11.0. The molecule has 0 aliphatic heterocycles. The molecule has 1 atom stereocenters. The van der Waals surface area contributed by atoms with Gasteiger partial charge in [-0.25, -0.2) is 0 Å². The SMILES string of the molecule is CC(=O)C[C@@H](c1ccc(Br)cc1)P(=O)(c1ccccc1)c1ccccc1. The average Bonchev–Trinajstić information content (AvgIpc) is 2.67. The molecule has 0 amide bonds. The highest BCUT2D eigenvalue weighted by molar-refractivity contribution is 9.10. The third kappa shape index (κ3) is 3.90. The smallest absolute Gasteiger partial charge is 0.150 e. The molecule has 0 heterocycles. The lowest BCUT2D eigenvalue weighted by Gasteiger charge is -2.29. The molecule has 0 fully saturated rings. The van der Waals surface area contributed by atoms with E-state index < -0.39 is 12.8 Å². The second-order valence-electron chi connectivity index (χ2n) is 6.30. The maximum absolute atomic E-state index is 14.6. The fourth-order valence-electron chi connectivity index (χ4n) is 3.22. The average molecular weight is 427 g/mol. The van der Waals surface area contributed by atoms with E-state index in [0.717, 1.165) is 20.6 Å². The molecular weight excluding hydrogens is 407 g/mol. The van der Waals surface area contributed by atoms with Crippen LogP contribution in [0.15, 0.2) is 89.4 Å². The summed E-state index contributed by atoms with van der Waals surface area (Å²) in [5, 5.41) is 1.56. The van der Waals surface area contributed by atoms with Gasteiger partial charge in [-0.05, 0) is 24.6 Å². The summed E-state index contributed by atoms with van der Waals surface area (Å²) in [5.74, 6) is 0.0324. The van der Waals surface area contributed by atoms with Crippen LogP contribution in [0.1, 0.15) is 24.6 Å². The van der Waals surface area contributed by atoms with E-state index in [-0.39, 0.29) is 12.2 Å². The van der Waals surface area contributed by atoms with Crippen LogP contribution < -0.4 is 10.6 Å². The zero-order valence-electron chi connectivity index (χ0n) is 14.5. The Kier molecular flexibility index (Phi) is 5.90. The normalized spacial score (nSPS) is 12.5. The maximum Gasteiger partial charge on any atom is 0.150 e. The number of halogens is 1. The summed E-state index contributed by atoms with van der Waals surface area (Å²) in [6.45, 7) is 1.56. The summed E-state index contributed by atoms with van der Waals surface area (Å²) in [6, 6.07) is 26.8. The lowest BCUT2D eigenvalue weighted by Crippen LogP contribution is -2.22. The van der Waals surface area contributed by atoms with Gasteiger partial charge in [0.2, 0.25) is 0 Å². The number of hydrogen-bond donors (Lipinski definition) is 0. The summed E-state index contributed by atoms with van der Waals surface area (Å²) in [7, 11) is -3.06. The summed E-state index contributed by atoms with van der Waals surface area (Å²) in [6.07, 6.45) is 0.239. The highest BCUT2D eigenvalue weighted by Crippen LogP contribution is 2.58. The van der Waals surface area contributed by atoms with Crippen LogP contribution in [-0.2, 0) is 9.36 Å². The van der Waals surface area contributed by atoms with E-state index in [9.17, 15) is 9.36 Å². The molecule has 0 unspecified atom stereocenters. The van der Waals surface area contributed by atoms with Gasteiger partial charge in [-0.1, -0.05) is 88.7 Å². The molecular formula is C22H20BrO2P. The minimum absolute atomic E-state index is 0.0324. The minimum atomic E-state index is -3.06. The second kappa shape index (κ2) is 8.16. The molecule has 0 saturated heterocycles. The van der Waals surface area contributed by atoms with Crippen molar-refractivity contribution in [1.29, 1.82) is 0 Å². The molecule has 0 bridgehead atoms. The third-order valence-corrected chi connectivity index (χ3v) is 8.47. The monoisotopic (exact) mass is 426 g/mol. The van der Waals surface area contributed by atoms with Crippen LogP contribution in [0.4, 0.5) is 0 Å². The van der Waals surface area contributed by atoms with E-state index in [1.165, 1.54) is 0 Å². The Morgan fingerprint density at radius 2 is 1.31 bits per heavy atom. The van der Waals surface area contributed by atoms with Crippen LogP contribution in [0.5, 0.6) is 0 Å². The molecule has 0 aromatic heterocycles. The van der Waals surface area contributed by atoms with Crippen LogP contribution >= 0.6 is 23.1 Å². The Morgan fingerprint density at radius 3 is 1.73 bits per heavy atom. The zero-order valence-corrected chi connectivity index (χ0v) is 17.0. The Bertz CT molecular complexity index is 878. The molecule has 3 aromatic rings. The first kappa shape index (κ1) is 18.8. The molecule has 0 N–H and O–H groups in total. The molecule has 0 saturated carbocycles. The number of carbonyl (C=O) groups is 1. The van der Waals surface area contributed by atoms with Gasteiger partial charge in [0, 0.05) is 21.5 Å². The highest BCUT2D eigenvalue weighted by atomic mass is 79.9. The fourth-order valence-corrected chi connectivity index (χ4v) is 6.84. The Morgan fingerprint density at radius 1 is 0.846 bits per heavy atom. The summed E-state index contributed by atoms with van der Waals surface area (Å²) < 4.78 is 15.5. The predicted molar refractivity (Wildman–Crippen MR) is 112 cm³/mol. The molecule has 2 nitrogen and oxygen atoms in total. The number of Topliss-reactive ketones (excluding diaryl/α,β-unsaturated/α-hetero) is 1. The van der Waals surface area contributed by atoms with Crippen molar-refractivity contribution in [3.05, 3.63) is 95.0 Å². The summed E-state index contributed by atoms with van der Waals surface area (Å²) in [4.78, 5) is 12.1. The van der Waals surface area contributed by atoms with Crippen LogP contribution in [0.2, 0.25) is 0 Å². The van der Waals surface area contributed by atoms with E-state index in [4.69, 9.17) is 0 Å². The van der Waals surface area contributed by atoms with Gasteiger partial charge in [-0.3, -0.25) is 4.79 Å². The number of hydrogen-bond acceptors (Lipinski definition) is 2. The molecule has 0 radical (unpaired) electrons. The first-order chi connectivity index (χ1) is 12.5. The van der Waals surface area contributed by atoms with Crippen molar-refractivity contribution in [2.24, 2.45) is 0 Å². The number of benzene rings is 3. The van der Waals surface area contributed by atoms with Crippen molar-refractivity contribution in [1.82, 2.24) is 0 Å². The first-order valence-electron chi connectivity index (χ1n) is 8.47. The molecule has 0 spiro atoms. The van der Waals surface area contributed by atoms with E-state index >= 15 is 0 Å². The van der Waals surface area contributed by atoms with E-state index in [0.29, 0.717) is 0 Å². The minimum Gasteiger partial charge on any atom is -0.313 e. The molecule has 3 rings (SSSR count). The highest BCUT2D eigenvalue weighted by Gasteiger charge is 2.38. The van der Waals surface area contributed by atoms with Gasteiger partial charge >= 0.3 is 0 Å². The Labute approximate surface area is 162 Å². The van der Waals surface area contributed by atoms with Crippen LogP contribution in [0, 0.1) is 0 Å². The number of rotatable bonds is 6. The van der Waals surface area contributed by atoms with Gasteiger partial charge in [0.15, 0.2) is 7.14 Å². The van der Waals surface area contributed by atoms with Crippen molar-refractivity contribution in [2.75, 3.05) is 0 Å². The third-order valence-electron chi connectivity index (χ3n) is 4.45. The van der Waals surface area contributed by atoms with Crippen molar-refractivity contribution >= 4 is 39.5 Å². The van der Waals surface area contributed by atoms with Crippen molar-refractivity contribution < 1.29 is 9.36 Å². The number of carbonyl (C=O) groups excluding carboxylic acids is 1. The van der Waals surface area contributed by atoms with Crippen molar-refractivity contribution in [3.63, 3.8) is 0 Å². The van der Waals surface area contributed by atoms with Gasteiger partial charge < -0.3 is 4.57 Å². The Hall–Kier alpha value is -1.96. The van der Waals surface area contributed by atoms with Gasteiger partial charge in [0.25, 0.3) is 0 Å². The topological polar surface area (TPSA) is 34.1 Å². The lowest BCUT2D eigenvalue weighted by atomic mass is 10.1. The molecule has 26 heavy (non-hydrogen) atoms. The lowest BCUT2D eigenvalue weighted by molar-refractivity contribution is -0.117. The van der Waals surface area contributed by atoms with Crippen LogP contribution in [0.25, 0.3) is 0 Å². The molecule has 4 heteroatoms. The van der Waals surface area contributed by atoms with E-state index in [1.54, 1.807) is 6.92 Å². The quantitative estimate of drug-likeness (QED) is 0.488. The second-order valence-corrected chi connectivity index (χ2v) is 10.2. The Balaban J connectivity index is 2.24. The van der Waals surface area contributed by atoms with Gasteiger partial charge in [0.1, 0.15) is 5.78 Å². The standard InChI is InChI=1S/C22H20BrO2P/c1-17(24)16-22(18-12-14-19(23)15-13-18)26(25,20-8-4-2-5-9-20)21-10-6-3-7-11-21/h2-15,22H,16H2,1H3/t22-/m0/s1. The molecule has 0 aliphatic carbocycles. The molecule has 132 valence electrons. The van der Waals surface area contributed by atoms with Crippen LogP contribution in [0.3, 0.4) is 0 Å². The van der Waals surface area contributed by atoms with Gasteiger partial charge in [-0.15, -0.1) is 0 Å². The number of ketones is 1.